The molecule has 1 aliphatic heterocycles. The lowest BCUT2D eigenvalue weighted by Crippen LogP contribution is -2.55. The summed E-state index contributed by atoms with van der Waals surface area (Å²) in [6.45, 7) is 7.65. The fourth-order valence-electron chi connectivity index (χ4n) is 3.05. The zero-order valence-electron chi connectivity index (χ0n) is 17.5. The average molecular weight is 430 g/mol. The molecule has 1 aromatic rings. The second kappa shape index (κ2) is 10.2. The first-order valence-electron chi connectivity index (χ1n) is 9.51. The van der Waals surface area contributed by atoms with Crippen LogP contribution in [0.25, 0.3) is 0 Å². The van der Waals surface area contributed by atoms with Crippen LogP contribution in [0, 0.1) is 0 Å². The van der Waals surface area contributed by atoms with Crippen LogP contribution in [0.5, 0.6) is 11.5 Å². The number of nitrogens with one attached hydrogen (secondary N) is 2. The molecule has 0 aliphatic carbocycles. The number of nitrogens with zero attached hydrogens (tertiary/aromatic N) is 1. The maximum Gasteiger partial charge on any atom is 0.240 e. The van der Waals surface area contributed by atoms with E-state index in [1.54, 1.807) is 0 Å². The number of benzene rings is 1. The van der Waals surface area contributed by atoms with Crippen molar-refractivity contribution in [3.05, 3.63) is 18.2 Å². The van der Waals surface area contributed by atoms with E-state index >= 15 is 0 Å². The summed E-state index contributed by atoms with van der Waals surface area (Å²) in [4.78, 5) is 14.5. The highest BCUT2D eigenvalue weighted by Crippen LogP contribution is 2.29. The molecule has 0 atom stereocenters. The van der Waals surface area contributed by atoms with Crippen molar-refractivity contribution in [1.29, 1.82) is 0 Å². The van der Waals surface area contributed by atoms with Gasteiger partial charge in [0.2, 0.25) is 15.9 Å². The Morgan fingerprint density at radius 2 is 1.83 bits per heavy atom. The van der Waals surface area contributed by atoms with Crippen molar-refractivity contribution >= 4 is 15.9 Å². The first-order chi connectivity index (χ1) is 13.7. The lowest BCUT2D eigenvalue weighted by atomic mass is 10.0. The van der Waals surface area contributed by atoms with E-state index in [1.165, 1.54) is 32.4 Å². The van der Waals surface area contributed by atoms with Gasteiger partial charge < -0.3 is 19.5 Å². The van der Waals surface area contributed by atoms with Crippen LogP contribution in [0.15, 0.2) is 23.1 Å². The predicted molar refractivity (Wildman–Crippen MR) is 109 cm³/mol. The van der Waals surface area contributed by atoms with Gasteiger partial charge in [0.25, 0.3) is 0 Å². The number of morpholine rings is 1. The van der Waals surface area contributed by atoms with Crippen LogP contribution in [0.1, 0.15) is 20.3 Å². The zero-order valence-corrected chi connectivity index (χ0v) is 18.3. The molecule has 0 saturated carbocycles. The van der Waals surface area contributed by atoms with Crippen LogP contribution in [-0.4, -0.2) is 78.4 Å². The van der Waals surface area contributed by atoms with Crippen molar-refractivity contribution < 1.29 is 27.4 Å². The minimum atomic E-state index is -3.76. The molecule has 9 nitrogen and oxygen atoms in total. The van der Waals surface area contributed by atoms with Crippen LogP contribution >= 0.6 is 0 Å². The van der Waals surface area contributed by atoms with E-state index in [9.17, 15) is 13.2 Å². The van der Waals surface area contributed by atoms with Crippen LogP contribution in [0.3, 0.4) is 0 Å². The molecule has 1 aliphatic rings. The monoisotopic (exact) mass is 429 g/mol. The van der Waals surface area contributed by atoms with E-state index in [2.05, 4.69) is 28.8 Å². The van der Waals surface area contributed by atoms with E-state index in [0.29, 0.717) is 31.3 Å². The summed E-state index contributed by atoms with van der Waals surface area (Å²) in [5.41, 5.74) is -0.196. The molecule has 0 spiro atoms. The second-order valence-corrected chi connectivity index (χ2v) is 9.12. The van der Waals surface area contributed by atoms with Gasteiger partial charge >= 0.3 is 0 Å². The number of ether oxygens (including phenoxy) is 3. The van der Waals surface area contributed by atoms with E-state index in [0.717, 1.165) is 13.1 Å². The third kappa shape index (κ3) is 6.56. The number of methoxy groups -OCH3 is 2. The van der Waals surface area contributed by atoms with Gasteiger partial charge in [0.1, 0.15) is 0 Å². The predicted octanol–water partition coefficient (Wildman–Crippen LogP) is 0.599. The lowest BCUT2D eigenvalue weighted by molar-refractivity contribution is -0.121. The normalized spacial score (nSPS) is 15.7. The first kappa shape index (κ1) is 23.4. The summed E-state index contributed by atoms with van der Waals surface area (Å²) >= 11 is 0. The Kier molecular flexibility index (Phi) is 8.26. The third-order valence-corrected chi connectivity index (χ3v) is 6.35. The van der Waals surface area contributed by atoms with Gasteiger partial charge in [-0.3, -0.25) is 9.69 Å². The van der Waals surface area contributed by atoms with E-state index in [-0.39, 0.29) is 29.3 Å². The number of amides is 1. The molecule has 2 rings (SSSR count). The summed E-state index contributed by atoms with van der Waals surface area (Å²) in [5, 5.41) is 2.89. The maximum absolute atomic E-state index is 12.4. The van der Waals surface area contributed by atoms with Gasteiger partial charge in [0, 0.05) is 44.2 Å². The average Bonchev–Trinajstić information content (AvgIpc) is 2.72. The number of rotatable bonds is 10. The Labute approximate surface area is 172 Å². The number of hydrogen-bond donors (Lipinski definition) is 2. The molecule has 0 aromatic heterocycles. The van der Waals surface area contributed by atoms with E-state index in [4.69, 9.17) is 14.2 Å². The SMILES string of the molecule is COc1ccc(S(=O)(=O)NCCC(=O)NCC(C)(C)N2CCOCC2)cc1OC. The molecule has 1 saturated heterocycles. The summed E-state index contributed by atoms with van der Waals surface area (Å²) in [7, 11) is -0.851. The largest absolute Gasteiger partial charge is 0.493 e. The number of carbonyl (C=O) groups excluding carboxylic acids is 1. The topological polar surface area (TPSA) is 106 Å². The molecular formula is C19H31N3O6S. The molecular weight excluding hydrogens is 398 g/mol. The van der Waals surface area contributed by atoms with Crippen molar-refractivity contribution in [2.24, 2.45) is 0 Å². The first-order valence-corrected chi connectivity index (χ1v) is 11.0. The van der Waals surface area contributed by atoms with Gasteiger partial charge in [0.15, 0.2) is 11.5 Å². The minimum absolute atomic E-state index is 0.000490. The Hall–Kier alpha value is -1.88. The summed E-state index contributed by atoms with van der Waals surface area (Å²) in [6, 6.07) is 4.33. The van der Waals surface area contributed by atoms with Gasteiger partial charge in [-0.05, 0) is 26.0 Å². The molecule has 164 valence electrons. The fraction of sp³-hybridized carbons (Fsp3) is 0.632. The highest BCUT2D eigenvalue weighted by atomic mass is 32.2. The van der Waals surface area contributed by atoms with Crippen LogP contribution in [0.4, 0.5) is 0 Å². The maximum atomic E-state index is 12.4. The Balaban J connectivity index is 1.83. The highest BCUT2D eigenvalue weighted by Gasteiger charge is 2.28. The van der Waals surface area contributed by atoms with Crippen LogP contribution in [-0.2, 0) is 19.6 Å². The lowest BCUT2D eigenvalue weighted by Gasteiger charge is -2.40. The molecule has 1 amide bonds. The van der Waals surface area contributed by atoms with E-state index < -0.39 is 10.0 Å². The summed E-state index contributed by atoms with van der Waals surface area (Å²) in [6.07, 6.45) is 0.0473. The van der Waals surface area contributed by atoms with Crippen molar-refractivity contribution in [2.45, 2.75) is 30.7 Å². The van der Waals surface area contributed by atoms with E-state index in [1.807, 2.05) is 0 Å². The zero-order chi connectivity index (χ0) is 21.5. The third-order valence-electron chi connectivity index (χ3n) is 4.89. The molecule has 10 heteroatoms. The Bertz CT molecular complexity index is 791. The van der Waals surface area contributed by atoms with Gasteiger partial charge in [-0.2, -0.15) is 0 Å². The number of carbonyl (C=O) groups is 1. The van der Waals surface area contributed by atoms with Gasteiger partial charge in [-0.15, -0.1) is 0 Å². The molecule has 0 radical (unpaired) electrons. The van der Waals surface area contributed by atoms with Gasteiger partial charge in [-0.25, -0.2) is 13.1 Å². The molecule has 1 heterocycles. The van der Waals surface area contributed by atoms with Crippen molar-refractivity contribution in [1.82, 2.24) is 14.9 Å². The van der Waals surface area contributed by atoms with Crippen molar-refractivity contribution in [3.63, 3.8) is 0 Å². The molecule has 0 bridgehead atoms. The van der Waals surface area contributed by atoms with Crippen LogP contribution in [0.2, 0.25) is 0 Å². The molecule has 2 N–H and O–H groups in total. The smallest absolute Gasteiger partial charge is 0.240 e. The number of sulfonamides is 1. The van der Waals surface area contributed by atoms with Crippen LogP contribution < -0.4 is 19.5 Å². The number of hydrogen-bond acceptors (Lipinski definition) is 7. The quantitative estimate of drug-likeness (QED) is 0.561. The van der Waals surface area contributed by atoms with Gasteiger partial charge in [0.05, 0.1) is 32.3 Å². The fourth-order valence-corrected chi connectivity index (χ4v) is 4.10. The summed E-state index contributed by atoms with van der Waals surface area (Å²) < 4.78 is 42.9. The van der Waals surface area contributed by atoms with Crippen molar-refractivity contribution in [2.75, 3.05) is 53.6 Å². The molecule has 29 heavy (non-hydrogen) atoms. The molecule has 1 fully saturated rings. The standard InChI is InChI=1S/C19H31N3O6S/c1-19(2,22-9-11-28-12-10-22)14-20-18(23)7-8-21-29(24,25)15-5-6-16(26-3)17(13-15)27-4/h5-6,13,21H,7-12,14H2,1-4H3,(H,20,23). The summed E-state index contributed by atoms with van der Waals surface area (Å²) in [5.74, 6) is 0.550. The Morgan fingerprint density at radius 3 is 2.45 bits per heavy atom. The molecule has 0 unspecified atom stereocenters. The Morgan fingerprint density at radius 1 is 1.17 bits per heavy atom. The minimum Gasteiger partial charge on any atom is -0.493 e. The highest BCUT2D eigenvalue weighted by molar-refractivity contribution is 7.89. The molecule has 1 aromatic carbocycles. The second-order valence-electron chi connectivity index (χ2n) is 7.35. The van der Waals surface area contributed by atoms with Gasteiger partial charge in [-0.1, -0.05) is 0 Å². The van der Waals surface area contributed by atoms with Crippen molar-refractivity contribution in [3.8, 4) is 11.5 Å².